The van der Waals surface area contributed by atoms with Crippen molar-refractivity contribution in [3.05, 3.63) is 117 Å². The lowest BCUT2D eigenvalue weighted by Crippen LogP contribution is -2.47. The minimum absolute atomic E-state index is 0.0298. The van der Waals surface area contributed by atoms with Crippen molar-refractivity contribution in [3.8, 4) is 5.75 Å². The highest BCUT2D eigenvalue weighted by molar-refractivity contribution is 6.10. The number of benzene rings is 3. The van der Waals surface area contributed by atoms with Gasteiger partial charge in [0.2, 0.25) is 0 Å². The Bertz CT molecular complexity index is 1850. The minimum atomic E-state index is -0.317. The molecule has 1 aromatic heterocycles. The third kappa shape index (κ3) is 5.36. The SMILES string of the molecule is COc1ccc(C(=O)Nc2cc(C(=O)N3c4ccc(F)cc4CC[C@H]3C)ccc2N2C[C@H]3C[C@@H](C2)c2cccc(=O)n2C3)cc1. The van der Waals surface area contributed by atoms with Gasteiger partial charge in [0, 0.05) is 60.2 Å². The molecule has 45 heavy (non-hydrogen) atoms. The summed E-state index contributed by atoms with van der Waals surface area (Å²) < 4.78 is 21.2. The number of hydrogen-bond donors (Lipinski definition) is 1. The maximum atomic E-state index is 14.1. The molecule has 2 bridgehead atoms. The highest BCUT2D eigenvalue weighted by Crippen LogP contribution is 2.40. The second kappa shape index (κ2) is 11.5. The summed E-state index contributed by atoms with van der Waals surface area (Å²) in [5, 5.41) is 3.09. The second-order valence-corrected chi connectivity index (χ2v) is 12.4. The number of aromatic nitrogens is 1. The van der Waals surface area contributed by atoms with Crippen LogP contribution in [0.2, 0.25) is 0 Å². The Morgan fingerprint density at radius 2 is 1.69 bits per heavy atom. The quantitative estimate of drug-likeness (QED) is 0.308. The van der Waals surface area contributed by atoms with E-state index < -0.39 is 0 Å². The monoisotopic (exact) mass is 606 g/mol. The number of methoxy groups -OCH3 is 1. The lowest BCUT2D eigenvalue weighted by atomic mass is 9.83. The van der Waals surface area contributed by atoms with Gasteiger partial charge in [-0.25, -0.2) is 4.39 Å². The molecule has 1 N–H and O–H groups in total. The lowest BCUT2D eigenvalue weighted by molar-refractivity contribution is 0.0973. The van der Waals surface area contributed by atoms with Crippen molar-refractivity contribution >= 4 is 28.9 Å². The van der Waals surface area contributed by atoms with E-state index in [0.29, 0.717) is 47.8 Å². The molecule has 2 amide bonds. The number of hydrogen-bond acceptors (Lipinski definition) is 5. The van der Waals surface area contributed by atoms with E-state index in [-0.39, 0.29) is 41.1 Å². The molecule has 3 aliphatic rings. The zero-order chi connectivity index (χ0) is 31.2. The fraction of sp³-hybridized carbons (Fsp3) is 0.306. The van der Waals surface area contributed by atoms with E-state index in [0.717, 1.165) is 36.3 Å². The number of carbonyl (C=O) groups excluding carboxylic acids is 2. The molecule has 230 valence electrons. The maximum Gasteiger partial charge on any atom is 0.258 e. The van der Waals surface area contributed by atoms with Crippen LogP contribution in [0, 0.1) is 11.7 Å². The molecule has 3 aromatic carbocycles. The number of carbonyl (C=O) groups is 2. The predicted octanol–water partition coefficient (Wildman–Crippen LogP) is 5.85. The first kappa shape index (κ1) is 28.8. The van der Waals surface area contributed by atoms with Crippen LogP contribution in [0.4, 0.5) is 21.5 Å². The van der Waals surface area contributed by atoms with Crippen LogP contribution in [0.25, 0.3) is 0 Å². The number of amides is 2. The van der Waals surface area contributed by atoms with Gasteiger partial charge in [0.25, 0.3) is 17.4 Å². The summed E-state index contributed by atoms with van der Waals surface area (Å²) >= 11 is 0. The van der Waals surface area contributed by atoms with Gasteiger partial charge in [-0.1, -0.05) is 6.07 Å². The maximum absolute atomic E-state index is 14.1. The van der Waals surface area contributed by atoms with Gasteiger partial charge in [-0.3, -0.25) is 14.4 Å². The molecular formula is C36H35FN4O4. The molecule has 7 rings (SSSR count). The number of nitrogens with one attached hydrogen (secondary N) is 1. The van der Waals surface area contributed by atoms with E-state index in [9.17, 15) is 18.8 Å². The van der Waals surface area contributed by atoms with Crippen molar-refractivity contribution in [2.45, 2.75) is 44.7 Å². The molecule has 3 atom stereocenters. The summed E-state index contributed by atoms with van der Waals surface area (Å²) in [6, 6.07) is 22.3. The van der Waals surface area contributed by atoms with E-state index in [4.69, 9.17) is 4.74 Å². The zero-order valence-corrected chi connectivity index (χ0v) is 25.3. The number of ether oxygens (including phenoxy) is 1. The third-order valence-corrected chi connectivity index (χ3v) is 9.46. The molecule has 4 heterocycles. The van der Waals surface area contributed by atoms with Gasteiger partial charge in [0.15, 0.2) is 0 Å². The summed E-state index contributed by atoms with van der Waals surface area (Å²) in [5.74, 6) is 0.269. The van der Waals surface area contributed by atoms with Crippen LogP contribution in [-0.2, 0) is 13.0 Å². The van der Waals surface area contributed by atoms with Crippen molar-refractivity contribution in [2.75, 3.05) is 35.3 Å². The molecular weight excluding hydrogens is 571 g/mol. The number of anilines is 3. The number of halogens is 1. The van der Waals surface area contributed by atoms with E-state index in [1.807, 2.05) is 35.8 Å². The number of nitrogens with zero attached hydrogens (tertiary/aromatic N) is 3. The smallest absolute Gasteiger partial charge is 0.258 e. The number of aryl methyl sites for hydroxylation is 1. The van der Waals surface area contributed by atoms with E-state index in [1.54, 1.807) is 54.5 Å². The Kier molecular flexibility index (Phi) is 7.39. The topological polar surface area (TPSA) is 83.9 Å². The van der Waals surface area contributed by atoms with Crippen LogP contribution in [-0.4, -0.2) is 42.6 Å². The van der Waals surface area contributed by atoms with Crippen molar-refractivity contribution < 1.29 is 18.7 Å². The predicted molar refractivity (Wildman–Crippen MR) is 172 cm³/mol. The minimum Gasteiger partial charge on any atom is -0.497 e. The number of fused-ring (bicyclic) bond motifs is 5. The first-order valence-corrected chi connectivity index (χ1v) is 15.4. The molecule has 8 nitrogen and oxygen atoms in total. The first-order chi connectivity index (χ1) is 21.8. The van der Waals surface area contributed by atoms with Crippen molar-refractivity contribution in [3.63, 3.8) is 0 Å². The highest BCUT2D eigenvalue weighted by Gasteiger charge is 2.36. The van der Waals surface area contributed by atoms with Gasteiger partial charge >= 0.3 is 0 Å². The molecule has 0 saturated carbocycles. The average molecular weight is 607 g/mol. The fourth-order valence-electron chi connectivity index (χ4n) is 7.24. The van der Waals surface area contributed by atoms with Crippen molar-refractivity contribution in [2.24, 2.45) is 5.92 Å². The van der Waals surface area contributed by atoms with E-state index >= 15 is 0 Å². The van der Waals surface area contributed by atoms with Gasteiger partial charge in [-0.15, -0.1) is 0 Å². The average Bonchev–Trinajstić information content (AvgIpc) is 3.05. The highest BCUT2D eigenvalue weighted by atomic mass is 19.1. The van der Waals surface area contributed by atoms with Gasteiger partial charge in [-0.2, -0.15) is 0 Å². The fourth-order valence-corrected chi connectivity index (χ4v) is 7.24. The number of piperidine rings is 1. The summed E-state index contributed by atoms with van der Waals surface area (Å²) in [4.78, 5) is 44.2. The van der Waals surface area contributed by atoms with Gasteiger partial charge in [0.1, 0.15) is 11.6 Å². The molecule has 1 fully saturated rings. The first-order valence-electron chi connectivity index (χ1n) is 15.4. The molecule has 4 aromatic rings. The van der Waals surface area contributed by atoms with Crippen molar-refractivity contribution in [1.29, 1.82) is 0 Å². The summed E-state index contributed by atoms with van der Waals surface area (Å²) in [5.41, 5.74) is 4.84. The summed E-state index contributed by atoms with van der Waals surface area (Å²) in [7, 11) is 1.57. The van der Waals surface area contributed by atoms with E-state index in [1.165, 1.54) is 12.1 Å². The Balaban J connectivity index is 1.25. The van der Waals surface area contributed by atoms with Crippen LogP contribution >= 0.6 is 0 Å². The number of pyridine rings is 1. The summed E-state index contributed by atoms with van der Waals surface area (Å²) in [6.45, 7) is 4.05. The Morgan fingerprint density at radius 1 is 0.911 bits per heavy atom. The molecule has 0 unspecified atom stereocenters. The Hall–Kier alpha value is -4.92. The van der Waals surface area contributed by atoms with Gasteiger partial charge in [-0.05, 0) is 104 Å². The van der Waals surface area contributed by atoms with Crippen LogP contribution in [0.3, 0.4) is 0 Å². The third-order valence-electron chi connectivity index (χ3n) is 9.46. The molecule has 0 spiro atoms. The molecule has 0 radical (unpaired) electrons. The van der Waals surface area contributed by atoms with Crippen molar-refractivity contribution in [1.82, 2.24) is 4.57 Å². The standard InChI is InChI=1S/C36H35FN4O4/c1-22-6-7-25-17-28(37)11-15-32(25)41(22)36(44)26-10-14-33(30(18-26)38-35(43)24-8-12-29(45-2)13-9-24)39-19-23-16-27(21-39)31-4-3-5-34(42)40(31)20-23/h3-5,8-15,17-18,22-23,27H,6-7,16,19-21H2,1-2H3,(H,38,43)/t22-,23-,27+/m1/s1. The zero-order valence-electron chi connectivity index (χ0n) is 25.3. The van der Waals surface area contributed by atoms with Crippen LogP contribution in [0.1, 0.15) is 57.7 Å². The van der Waals surface area contributed by atoms with Crippen LogP contribution in [0.5, 0.6) is 5.75 Å². The van der Waals surface area contributed by atoms with E-state index in [2.05, 4.69) is 10.2 Å². The van der Waals surface area contributed by atoms with Crippen LogP contribution < -0.4 is 25.4 Å². The van der Waals surface area contributed by atoms with Crippen LogP contribution in [0.15, 0.2) is 83.7 Å². The Morgan fingerprint density at radius 3 is 2.49 bits per heavy atom. The number of rotatable bonds is 5. The largest absolute Gasteiger partial charge is 0.497 e. The molecule has 3 aliphatic heterocycles. The molecule has 1 saturated heterocycles. The van der Waals surface area contributed by atoms with Gasteiger partial charge < -0.3 is 24.4 Å². The van der Waals surface area contributed by atoms with Gasteiger partial charge in [0.05, 0.1) is 18.5 Å². The molecule has 9 heteroatoms. The summed E-state index contributed by atoms with van der Waals surface area (Å²) in [6.07, 6.45) is 2.42. The molecule has 0 aliphatic carbocycles. The normalized spacial score (nSPS) is 20.2. The Labute approximate surface area is 261 Å². The second-order valence-electron chi connectivity index (χ2n) is 12.4. The lowest BCUT2D eigenvalue weighted by Gasteiger charge is -2.44.